The molecule has 0 saturated carbocycles. The van der Waals surface area contributed by atoms with Crippen LogP contribution in [0.25, 0.3) is 82.8 Å². The lowest BCUT2D eigenvalue weighted by atomic mass is 9.97. The number of anilines is 3. The zero-order valence-electron chi connectivity index (χ0n) is 31.1. The Morgan fingerprint density at radius 3 is 1.75 bits per heavy atom. The van der Waals surface area contributed by atoms with Crippen LogP contribution in [0, 0.1) is 0 Å². The van der Waals surface area contributed by atoms with Crippen LogP contribution in [-0.4, -0.2) is 4.57 Å². The van der Waals surface area contributed by atoms with Gasteiger partial charge in [-0.3, -0.25) is 0 Å². The van der Waals surface area contributed by atoms with Crippen molar-refractivity contribution in [2.24, 2.45) is 0 Å². The second-order valence-corrected chi connectivity index (χ2v) is 14.5. The Morgan fingerprint density at radius 2 is 0.965 bits per heavy atom. The van der Waals surface area contributed by atoms with Crippen molar-refractivity contribution in [2.45, 2.75) is 0 Å². The van der Waals surface area contributed by atoms with E-state index in [0.29, 0.717) is 0 Å². The van der Waals surface area contributed by atoms with Gasteiger partial charge in [-0.05, 0) is 88.0 Å². The van der Waals surface area contributed by atoms with Crippen LogP contribution in [0.5, 0.6) is 0 Å². The molecular formula is C54H36N2O. The van der Waals surface area contributed by atoms with Gasteiger partial charge in [-0.2, -0.15) is 0 Å². The number of benzene rings is 9. The third kappa shape index (κ3) is 5.60. The number of nitrogens with zero attached hydrogens (tertiary/aromatic N) is 2. The molecule has 0 fully saturated rings. The van der Waals surface area contributed by atoms with Crippen LogP contribution >= 0.6 is 0 Å². The molecule has 0 radical (unpaired) electrons. The predicted octanol–water partition coefficient (Wildman–Crippen LogP) is 15.2. The molecule has 57 heavy (non-hydrogen) atoms. The fraction of sp³-hybridized carbons (Fsp3) is 0. The average Bonchev–Trinajstić information content (AvgIpc) is 3.84. The third-order valence-corrected chi connectivity index (χ3v) is 11.2. The number of furan rings is 1. The van der Waals surface area contributed by atoms with Gasteiger partial charge in [0.05, 0.1) is 16.7 Å². The molecule has 0 N–H and O–H groups in total. The summed E-state index contributed by atoms with van der Waals surface area (Å²) in [6.07, 6.45) is 0. The highest BCUT2D eigenvalue weighted by molar-refractivity contribution is 6.17. The smallest absolute Gasteiger partial charge is 0.159 e. The Hall–Kier alpha value is -7.62. The molecule has 0 aliphatic carbocycles. The molecule has 0 aliphatic heterocycles. The van der Waals surface area contributed by atoms with E-state index in [-0.39, 0.29) is 0 Å². The lowest BCUT2D eigenvalue weighted by Crippen LogP contribution is -2.10. The van der Waals surface area contributed by atoms with Gasteiger partial charge in [-0.15, -0.1) is 0 Å². The fourth-order valence-electron chi connectivity index (χ4n) is 8.55. The highest BCUT2D eigenvalue weighted by Gasteiger charge is 2.23. The summed E-state index contributed by atoms with van der Waals surface area (Å²) in [5.74, 6) is 0. The van der Waals surface area contributed by atoms with Crippen molar-refractivity contribution in [3.05, 3.63) is 218 Å². The molecule has 0 atom stereocenters. The van der Waals surface area contributed by atoms with E-state index in [1.165, 1.54) is 38.6 Å². The lowest BCUT2D eigenvalue weighted by molar-refractivity contribution is 0.669. The first-order valence-electron chi connectivity index (χ1n) is 19.4. The van der Waals surface area contributed by atoms with E-state index < -0.39 is 0 Å². The molecule has 11 rings (SSSR count). The van der Waals surface area contributed by atoms with Crippen LogP contribution in [0.15, 0.2) is 223 Å². The molecule has 2 aromatic heterocycles. The summed E-state index contributed by atoms with van der Waals surface area (Å²) in [6.45, 7) is 0. The van der Waals surface area contributed by atoms with Crippen molar-refractivity contribution in [1.29, 1.82) is 0 Å². The third-order valence-electron chi connectivity index (χ3n) is 11.2. The minimum Gasteiger partial charge on any atom is -0.454 e. The topological polar surface area (TPSA) is 21.3 Å². The van der Waals surface area contributed by atoms with Gasteiger partial charge in [0.15, 0.2) is 5.58 Å². The van der Waals surface area contributed by atoms with Crippen molar-refractivity contribution in [3.8, 4) is 39.1 Å². The first-order chi connectivity index (χ1) is 28.3. The molecular weight excluding hydrogens is 693 g/mol. The molecule has 0 amide bonds. The van der Waals surface area contributed by atoms with Crippen LogP contribution in [0.1, 0.15) is 0 Å². The number of rotatable bonds is 7. The van der Waals surface area contributed by atoms with E-state index in [0.717, 1.165) is 61.3 Å². The van der Waals surface area contributed by atoms with Crippen molar-refractivity contribution < 1.29 is 4.42 Å². The summed E-state index contributed by atoms with van der Waals surface area (Å²) in [6, 6.07) is 78.1. The van der Waals surface area contributed by atoms with Gasteiger partial charge >= 0.3 is 0 Å². The van der Waals surface area contributed by atoms with Crippen LogP contribution < -0.4 is 4.90 Å². The monoisotopic (exact) mass is 728 g/mol. The molecule has 0 bridgehead atoms. The normalized spacial score (nSPS) is 11.5. The highest BCUT2D eigenvalue weighted by atomic mass is 16.3. The molecule has 0 unspecified atom stereocenters. The maximum absolute atomic E-state index is 6.71. The van der Waals surface area contributed by atoms with Gasteiger partial charge in [-0.1, -0.05) is 164 Å². The van der Waals surface area contributed by atoms with E-state index in [1.54, 1.807) is 0 Å². The van der Waals surface area contributed by atoms with Gasteiger partial charge in [0, 0.05) is 38.6 Å². The zero-order chi connectivity index (χ0) is 37.7. The van der Waals surface area contributed by atoms with Gasteiger partial charge in [0.1, 0.15) is 5.58 Å². The summed E-state index contributed by atoms with van der Waals surface area (Å²) >= 11 is 0. The molecule has 2 heterocycles. The first-order valence-corrected chi connectivity index (χ1v) is 19.4. The average molecular weight is 729 g/mol. The van der Waals surface area contributed by atoms with Crippen molar-refractivity contribution in [2.75, 3.05) is 4.90 Å². The highest BCUT2D eigenvalue weighted by Crippen LogP contribution is 2.46. The van der Waals surface area contributed by atoms with Crippen molar-refractivity contribution >= 4 is 60.8 Å². The maximum atomic E-state index is 6.71. The second kappa shape index (κ2) is 13.6. The van der Waals surface area contributed by atoms with E-state index >= 15 is 0 Å². The molecule has 3 nitrogen and oxygen atoms in total. The summed E-state index contributed by atoms with van der Waals surface area (Å²) in [5, 5.41) is 4.62. The van der Waals surface area contributed by atoms with Crippen molar-refractivity contribution in [1.82, 2.24) is 4.57 Å². The Labute approximate surface area is 330 Å². The first kappa shape index (κ1) is 32.8. The molecule has 11 aromatic rings. The Morgan fingerprint density at radius 1 is 0.368 bits per heavy atom. The zero-order valence-corrected chi connectivity index (χ0v) is 31.1. The number of para-hydroxylation sites is 3. The number of hydrogen-bond acceptors (Lipinski definition) is 2. The molecule has 9 aromatic carbocycles. The van der Waals surface area contributed by atoms with E-state index in [9.17, 15) is 0 Å². The van der Waals surface area contributed by atoms with Gasteiger partial charge in [0.2, 0.25) is 0 Å². The standard InChI is InChI=1S/C54H36N2O/c1-4-15-37(16-5-1)39-29-31-40(32-30-39)45-24-13-26-49-53(45)48-34-33-44(36-51(48)56(49)42-20-8-3-9-21-42)55(43-22-12-19-41(35-43)38-17-6-2-7-18-38)50-27-14-25-47-46-23-10-11-28-52(46)57-54(47)50/h1-36H. The van der Waals surface area contributed by atoms with Crippen LogP contribution in [0.4, 0.5) is 17.1 Å². The molecule has 268 valence electrons. The lowest BCUT2D eigenvalue weighted by Gasteiger charge is -2.26. The van der Waals surface area contributed by atoms with E-state index in [4.69, 9.17) is 4.42 Å². The Balaban J connectivity index is 1.16. The van der Waals surface area contributed by atoms with E-state index in [1.807, 2.05) is 6.07 Å². The number of fused-ring (bicyclic) bond motifs is 6. The fourth-order valence-corrected chi connectivity index (χ4v) is 8.55. The summed E-state index contributed by atoms with van der Waals surface area (Å²) in [5.41, 5.74) is 15.3. The SMILES string of the molecule is c1ccc(-c2ccc(-c3cccc4c3c3ccc(N(c5cccc(-c6ccccc6)c5)c5cccc6c5oc5ccccc56)cc3n4-c3ccccc3)cc2)cc1. The van der Waals surface area contributed by atoms with E-state index in [2.05, 4.69) is 222 Å². The largest absolute Gasteiger partial charge is 0.454 e. The van der Waals surface area contributed by atoms with Crippen LogP contribution in [0.3, 0.4) is 0 Å². The van der Waals surface area contributed by atoms with Gasteiger partial charge < -0.3 is 13.9 Å². The maximum Gasteiger partial charge on any atom is 0.159 e. The molecule has 0 saturated heterocycles. The van der Waals surface area contributed by atoms with Gasteiger partial charge in [0.25, 0.3) is 0 Å². The van der Waals surface area contributed by atoms with Crippen LogP contribution in [-0.2, 0) is 0 Å². The summed E-state index contributed by atoms with van der Waals surface area (Å²) in [4.78, 5) is 2.35. The molecule has 0 aliphatic rings. The summed E-state index contributed by atoms with van der Waals surface area (Å²) in [7, 11) is 0. The number of hydrogen-bond donors (Lipinski definition) is 0. The van der Waals surface area contributed by atoms with Crippen LogP contribution in [0.2, 0.25) is 0 Å². The van der Waals surface area contributed by atoms with Gasteiger partial charge in [-0.25, -0.2) is 0 Å². The number of aromatic nitrogens is 1. The Kier molecular flexibility index (Phi) is 7.82. The molecule has 0 spiro atoms. The molecule has 3 heteroatoms. The minimum atomic E-state index is 0.855. The Bertz CT molecular complexity index is 3220. The minimum absolute atomic E-state index is 0.855. The predicted molar refractivity (Wildman–Crippen MR) is 239 cm³/mol. The van der Waals surface area contributed by atoms with Crippen molar-refractivity contribution in [3.63, 3.8) is 0 Å². The quantitative estimate of drug-likeness (QED) is 0.163. The summed E-state index contributed by atoms with van der Waals surface area (Å²) < 4.78 is 9.12. The second-order valence-electron chi connectivity index (χ2n) is 14.5.